The van der Waals surface area contributed by atoms with Crippen LogP contribution in [0.4, 0.5) is 9.93 Å². The van der Waals surface area contributed by atoms with Gasteiger partial charge in [-0.3, -0.25) is 19.2 Å². The number of carbonyl (C=O) groups excluding carboxylic acids is 5. The van der Waals surface area contributed by atoms with E-state index in [4.69, 9.17) is 4.74 Å². The molecular formula is C28H31N5O6S. The first-order valence-electron chi connectivity index (χ1n) is 12.4. The van der Waals surface area contributed by atoms with E-state index in [1.165, 1.54) is 12.3 Å². The molecule has 4 amide bonds. The number of urea groups is 1. The number of hydrogen-bond acceptors (Lipinski definition) is 9. The SMILES string of the molecule is CC(=O)c1csc(NC(=O)C(C(C)c2ccccc2)N2C(=O)N[C@H](c3ccc(OCC=O)cc3)C2=O)n1.CNC. The molecule has 210 valence electrons. The van der Waals surface area contributed by atoms with Crippen LogP contribution in [-0.2, 0) is 14.4 Å². The zero-order chi connectivity index (χ0) is 29.2. The number of benzene rings is 2. The van der Waals surface area contributed by atoms with Gasteiger partial charge in [-0.25, -0.2) is 14.7 Å². The standard InChI is InChI=1S/C26H24N4O6S.C2H7N/c1-15(17-6-4-3-5-7-17)22(23(33)29-25-27-20(14-37-25)16(2)32)30-24(34)21(28-26(30)35)18-8-10-19(11-9-18)36-13-12-31;1-3-2/h3-12,14-15,21-22H,13H2,1-2H3,(H,28,35)(H,27,29,33);3H,1-2H3/t15?,21-,22?;/m1./s1. The van der Waals surface area contributed by atoms with Gasteiger partial charge in [0.2, 0.25) is 5.91 Å². The van der Waals surface area contributed by atoms with Gasteiger partial charge in [0.15, 0.2) is 17.2 Å². The number of carbonyl (C=O) groups is 5. The number of Topliss-reactive ketones (excluding diaryl/α,β-unsaturated/α-hetero) is 1. The van der Waals surface area contributed by atoms with E-state index < -0.39 is 35.8 Å². The second kappa shape index (κ2) is 14.1. The Kier molecular flexibility index (Phi) is 10.6. The number of ketones is 1. The minimum atomic E-state index is -1.19. The third-order valence-electron chi connectivity index (χ3n) is 5.94. The molecule has 0 aliphatic carbocycles. The summed E-state index contributed by atoms with van der Waals surface area (Å²) in [7, 11) is 3.75. The quantitative estimate of drug-likeness (QED) is 0.193. The van der Waals surface area contributed by atoms with Gasteiger partial charge >= 0.3 is 6.03 Å². The number of aromatic nitrogens is 1. The highest BCUT2D eigenvalue weighted by Gasteiger charge is 2.47. The largest absolute Gasteiger partial charge is 0.486 e. The number of nitrogens with one attached hydrogen (secondary N) is 3. The first-order chi connectivity index (χ1) is 19.2. The van der Waals surface area contributed by atoms with E-state index >= 15 is 0 Å². The van der Waals surface area contributed by atoms with Crippen LogP contribution in [0.5, 0.6) is 5.75 Å². The van der Waals surface area contributed by atoms with E-state index in [0.717, 1.165) is 21.8 Å². The smallest absolute Gasteiger partial charge is 0.325 e. The summed E-state index contributed by atoms with van der Waals surface area (Å²) in [4.78, 5) is 67.3. The summed E-state index contributed by atoms with van der Waals surface area (Å²) < 4.78 is 5.24. The van der Waals surface area contributed by atoms with Gasteiger partial charge in [0.1, 0.15) is 30.1 Å². The van der Waals surface area contributed by atoms with Crippen molar-refractivity contribution >= 4 is 46.4 Å². The van der Waals surface area contributed by atoms with Gasteiger partial charge in [-0.1, -0.05) is 49.4 Å². The predicted molar refractivity (Wildman–Crippen MR) is 150 cm³/mol. The molecule has 40 heavy (non-hydrogen) atoms. The number of hydrogen-bond donors (Lipinski definition) is 3. The summed E-state index contributed by atoms with van der Waals surface area (Å²) in [5.41, 5.74) is 1.47. The van der Waals surface area contributed by atoms with Crippen LogP contribution in [0, 0.1) is 0 Å². The molecule has 3 aromatic rings. The third-order valence-corrected chi connectivity index (χ3v) is 6.70. The molecule has 11 nitrogen and oxygen atoms in total. The normalized spacial score (nSPS) is 15.8. The summed E-state index contributed by atoms with van der Waals surface area (Å²) >= 11 is 1.08. The number of rotatable bonds is 10. The second-order valence-corrected chi connectivity index (χ2v) is 9.72. The summed E-state index contributed by atoms with van der Waals surface area (Å²) in [5, 5.41) is 9.79. The lowest BCUT2D eigenvalue weighted by molar-refractivity contribution is -0.134. The highest BCUT2D eigenvalue weighted by molar-refractivity contribution is 7.14. The van der Waals surface area contributed by atoms with Crippen molar-refractivity contribution < 1.29 is 28.7 Å². The zero-order valence-corrected chi connectivity index (χ0v) is 23.4. The Morgan fingerprint density at radius 3 is 2.35 bits per heavy atom. The maximum Gasteiger partial charge on any atom is 0.325 e. The Balaban J connectivity index is 0.00000141. The maximum absolute atomic E-state index is 13.5. The van der Waals surface area contributed by atoms with Crippen molar-refractivity contribution in [1.29, 1.82) is 0 Å². The van der Waals surface area contributed by atoms with Crippen LogP contribution >= 0.6 is 11.3 Å². The molecule has 12 heteroatoms. The average molecular weight is 566 g/mol. The fourth-order valence-electron chi connectivity index (χ4n) is 4.05. The molecule has 3 N–H and O–H groups in total. The van der Waals surface area contributed by atoms with E-state index in [9.17, 15) is 24.0 Å². The number of nitrogens with zero attached hydrogens (tertiary/aromatic N) is 2. The molecule has 0 bridgehead atoms. The van der Waals surface area contributed by atoms with Gasteiger partial charge in [0.25, 0.3) is 5.91 Å². The number of anilines is 1. The second-order valence-electron chi connectivity index (χ2n) is 8.86. The average Bonchev–Trinajstić information content (AvgIpc) is 3.53. The van der Waals surface area contributed by atoms with Crippen molar-refractivity contribution in [3.8, 4) is 5.75 Å². The molecule has 0 saturated carbocycles. The monoisotopic (exact) mass is 565 g/mol. The molecule has 1 aliphatic heterocycles. The van der Waals surface area contributed by atoms with E-state index in [-0.39, 0.29) is 23.2 Å². The summed E-state index contributed by atoms with van der Waals surface area (Å²) in [6, 6.07) is 12.6. The molecule has 0 radical (unpaired) electrons. The van der Waals surface area contributed by atoms with Gasteiger partial charge in [0, 0.05) is 18.2 Å². The molecule has 3 atom stereocenters. The fraction of sp³-hybridized carbons (Fsp3) is 0.286. The number of aldehydes is 1. The van der Waals surface area contributed by atoms with Gasteiger partial charge in [-0.2, -0.15) is 0 Å². The molecule has 1 saturated heterocycles. The van der Waals surface area contributed by atoms with Gasteiger partial charge in [-0.05, 0) is 37.4 Å². The van der Waals surface area contributed by atoms with Crippen molar-refractivity contribution in [2.75, 3.05) is 26.0 Å². The maximum atomic E-state index is 13.5. The predicted octanol–water partition coefficient (Wildman–Crippen LogP) is 3.16. The van der Waals surface area contributed by atoms with Crippen LogP contribution in [0.25, 0.3) is 0 Å². The minimum Gasteiger partial charge on any atom is -0.486 e. The van der Waals surface area contributed by atoms with Crippen molar-refractivity contribution in [2.24, 2.45) is 0 Å². The van der Waals surface area contributed by atoms with E-state index in [1.807, 2.05) is 44.4 Å². The molecule has 0 spiro atoms. The van der Waals surface area contributed by atoms with E-state index in [1.54, 1.807) is 31.2 Å². The lowest BCUT2D eigenvalue weighted by Crippen LogP contribution is -2.50. The number of ether oxygens (including phenoxy) is 1. The summed E-state index contributed by atoms with van der Waals surface area (Å²) in [6.45, 7) is 3.03. The first-order valence-corrected chi connectivity index (χ1v) is 13.3. The van der Waals surface area contributed by atoms with E-state index in [2.05, 4.69) is 20.9 Å². The fourth-order valence-corrected chi connectivity index (χ4v) is 4.80. The van der Waals surface area contributed by atoms with Crippen LogP contribution in [0.2, 0.25) is 0 Å². The molecule has 2 aromatic carbocycles. The van der Waals surface area contributed by atoms with Gasteiger partial charge in [-0.15, -0.1) is 11.3 Å². The zero-order valence-electron chi connectivity index (χ0n) is 22.5. The number of amides is 4. The molecule has 1 aliphatic rings. The molecule has 2 heterocycles. The van der Waals surface area contributed by atoms with Crippen molar-refractivity contribution in [3.63, 3.8) is 0 Å². The Labute approximate surface area is 235 Å². The lowest BCUT2D eigenvalue weighted by Gasteiger charge is -2.29. The van der Waals surface area contributed by atoms with Crippen molar-refractivity contribution in [1.82, 2.24) is 20.5 Å². The molecule has 2 unspecified atom stereocenters. The van der Waals surface area contributed by atoms with Crippen LogP contribution in [0.15, 0.2) is 60.0 Å². The van der Waals surface area contributed by atoms with Gasteiger partial charge in [0.05, 0.1) is 0 Å². The van der Waals surface area contributed by atoms with Crippen LogP contribution in [0.3, 0.4) is 0 Å². The summed E-state index contributed by atoms with van der Waals surface area (Å²) in [6.07, 6.45) is 0.623. The van der Waals surface area contributed by atoms with Crippen LogP contribution in [-0.4, -0.2) is 66.5 Å². The molecular weight excluding hydrogens is 534 g/mol. The van der Waals surface area contributed by atoms with Crippen LogP contribution in [0.1, 0.15) is 47.4 Å². The Morgan fingerprint density at radius 1 is 1.12 bits per heavy atom. The lowest BCUT2D eigenvalue weighted by atomic mass is 9.91. The first kappa shape index (κ1) is 30.1. The number of imide groups is 1. The topological polar surface area (TPSA) is 147 Å². The highest BCUT2D eigenvalue weighted by Crippen LogP contribution is 2.32. The Hall–Kier alpha value is -4.42. The third kappa shape index (κ3) is 7.16. The Bertz CT molecular complexity index is 1340. The van der Waals surface area contributed by atoms with E-state index in [0.29, 0.717) is 17.6 Å². The van der Waals surface area contributed by atoms with Crippen molar-refractivity contribution in [2.45, 2.75) is 31.8 Å². The highest BCUT2D eigenvalue weighted by atomic mass is 32.1. The summed E-state index contributed by atoms with van der Waals surface area (Å²) in [5.74, 6) is -1.56. The molecule has 4 rings (SSSR count). The van der Waals surface area contributed by atoms with Crippen LogP contribution < -0.4 is 20.7 Å². The molecule has 1 aromatic heterocycles. The number of thiazole rings is 1. The Morgan fingerprint density at radius 2 is 1.77 bits per heavy atom. The molecule has 1 fully saturated rings. The minimum absolute atomic E-state index is 0.104. The van der Waals surface area contributed by atoms with Gasteiger partial charge < -0.3 is 20.7 Å². The van der Waals surface area contributed by atoms with Crippen molar-refractivity contribution in [3.05, 3.63) is 76.8 Å².